The average molecular weight is 162 g/mol. The van der Waals surface area contributed by atoms with Crippen molar-refractivity contribution < 1.29 is 0 Å². The molecule has 4 atom stereocenters. The van der Waals surface area contributed by atoms with E-state index in [0.29, 0.717) is 5.70 Å². The summed E-state index contributed by atoms with van der Waals surface area (Å²) in [6.07, 6.45) is 5.55. The van der Waals surface area contributed by atoms with Gasteiger partial charge in [-0.1, -0.05) is 23.4 Å². The molecule has 0 N–H and O–H groups in total. The quantitative estimate of drug-likeness (QED) is 0.457. The molecule has 1 fully saturated rings. The van der Waals surface area contributed by atoms with Crippen molar-refractivity contribution >= 4 is 0 Å². The molecule has 0 radical (unpaired) electrons. The summed E-state index contributed by atoms with van der Waals surface area (Å²) in [5, 5.41) is 6.01. The Morgan fingerprint density at radius 2 is 2.17 bits per heavy atom. The summed E-state index contributed by atoms with van der Waals surface area (Å²) < 4.78 is 0. The van der Waals surface area contributed by atoms with Crippen LogP contribution in [-0.2, 0) is 0 Å². The minimum absolute atomic E-state index is 0.165. The zero-order valence-corrected chi connectivity index (χ0v) is 6.18. The van der Waals surface area contributed by atoms with Crippen LogP contribution in [0, 0.1) is 27.6 Å². The highest BCUT2D eigenvalue weighted by Crippen LogP contribution is 2.66. The lowest BCUT2D eigenvalue weighted by Gasteiger charge is -2.62. The summed E-state index contributed by atoms with van der Waals surface area (Å²) >= 11 is 0. The molecule has 1 saturated carbocycles. The predicted molar refractivity (Wildman–Crippen MR) is 42.0 cm³/mol. The van der Waals surface area contributed by atoms with Crippen LogP contribution in [0.4, 0.5) is 0 Å². The van der Waals surface area contributed by atoms with Gasteiger partial charge in [0.25, 0.3) is 0 Å². The molecule has 0 spiro atoms. The van der Waals surface area contributed by atoms with Crippen LogP contribution in [0.5, 0.6) is 0 Å². The van der Waals surface area contributed by atoms with Crippen LogP contribution in [0.1, 0.15) is 0 Å². The maximum absolute atomic E-state index is 10.5. The maximum atomic E-state index is 10.5. The van der Waals surface area contributed by atoms with Crippen molar-refractivity contribution in [2.75, 3.05) is 0 Å². The molecule has 0 aromatic carbocycles. The normalized spacial score (nSPS) is 51.7. The van der Waals surface area contributed by atoms with E-state index in [0.717, 1.165) is 0 Å². The van der Waals surface area contributed by atoms with Crippen LogP contribution in [0.2, 0.25) is 0 Å². The Morgan fingerprint density at radius 3 is 2.58 bits per heavy atom. The molecule has 0 bridgehead atoms. The number of hydrogen-bond donors (Lipinski definition) is 0. The maximum Gasteiger partial charge on any atom is 0.134 e. The van der Waals surface area contributed by atoms with E-state index in [1.54, 1.807) is 6.08 Å². The second-order valence-electron chi connectivity index (χ2n) is 3.60. The molecule has 3 aliphatic carbocycles. The molecule has 3 aliphatic rings. The average Bonchev–Trinajstić information content (AvgIpc) is 2.05. The van der Waals surface area contributed by atoms with Crippen molar-refractivity contribution in [3.8, 4) is 0 Å². The van der Waals surface area contributed by atoms with Gasteiger partial charge in [0.05, 0.1) is 5.70 Å². The van der Waals surface area contributed by atoms with E-state index in [9.17, 15) is 9.81 Å². The molecule has 0 aromatic heterocycles. The van der Waals surface area contributed by atoms with Gasteiger partial charge in [0.2, 0.25) is 0 Å². The molecule has 0 aliphatic heterocycles. The fourth-order valence-corrected chi connectivity index (χ4v) is 2.56. The van der Waals surface area contributed by atoms with Gasteiger partial charge in [-0.15, -0.1) is 9.81 Å². The van der Waals surface area contributed by atoms with E-state index < -0.39 is 5.54 Å². The fraction of sp³-hybridized carbons (Fsp3) is 0.500. The van der Waals surface area contributed by atoms with Gasteiger partial charge in [-0.3, -0.25) is 0 Å². The molecule has 0 saturated heterocycles. The minimum atomic E-state index is -0.487. The first kappa shape index (κ1) is 6.22. The van der Waals surface area contributed by atoms with Gasteiger partial charge >= 0.3 is 0 Å². The summed E-state index contributed by atoms with van der Waals surface area (Å²) in [7, 11) is 0. The van der Waals surface area contributed by atoms with Gasteiger partial charge in [-0.25, -0.2) is 0 Å². The highest BCUT2D eigenvalue weighted by atomic mass is 16.3. The Hall–Kier alpha value is -1.32. The van der Waals surface area contributed by atoms with E-state index in [2.05, 4.69) is 10.4 Å². The number of nitroso groups, excluding NO2 is 2. The van der Waals surface area contributed by atoms with E-state index >= 15 is 0 Å². The van der Waals surface area contributed by atoms with E-state index in [4.69, 9.17) is 0 Å². The lowest BCUT2D eigenvalue weighted by molar-refractivity contribution is 0.0220. The summed E-state index contributed by atoms with van der Waals surface area (Å²) in [4.78, 5) is 20.7. The second-order valence-corrected chi connectivity index (χ2v) is 3.60. The second kappa shape index (κ2) is 1.55. The van der Waals surface area contributed by atoms with E-state index in [1.165, 1.54) is 0 Å². The van der Waals surface area contributed by atoms with Gasteiger partial charge in [0, 0.05) is 17.8 Å². The third kappa shape index (κ3) is 0.361. The third-order valence-corrected chi connectivity index (χ3v) is 3.37. The molecule has 3 rings (SSSR count). The Kier molecular flexibility index (Phi) is 0.805. The van der Waals surface area contributed by atoms with Crippen molar-refractivity contribution in [3.63, 3.8) is 0 Å². The highest BCUT2D eigenvalue weighted by Gasteiger charge is 2.70. The monoisotopic (exact) mass is 162 g/mol. The largest absolute Gasteiger partial charge is 0.150 e. The SMILES string of the molecule is O=NC1=C[C@H]2C1[C@H]1C=C[C@]12N=O. The van der Waals surface area contributed by atoms with Crippen molar-refractivity contribution in [2.24, 2.45) is 28.1 Å². The molecule has 4 heteroatoms. The molecule has 4 nitrogen and oxygen atoms in total. The summed E-state index contributed by atoms with van der Waals surface area (Å²) in [6.45, 7) is 0. The first-order valence-corrected chi connectivity index (χ1v) is 3.92. The van der Waals surface area contributed by atoms with Gasteiger partial charge in [-0.2, -0.15) is 0 Å². The van der Waals surface area contributed by atoms with Crippen molar-refractivity contribution in [2.45, 2.75) is 5.54 Å². The van der Waals surface area contributed by atoms with Crippen LogP contribution in [0.15, 0.2) is 34.3 Å². The minimum Gasteiger partial charge on any atom is -0.150 e. The molecule has 0 amide bonds. The summed E-state index contributed by atoms with van der Waals surface area (Å²) in [5.74, 6) is 0.528. The van der Waals surface area contributed by atoms with Crippen LogP contribution < -0.4 is 0 Å². The Balaban J connectivity index is 2.00. The van der Waals surface area contributed by atoms with Crippen molar-refractivity contribution in [3.05, 3.63) is 33.7 Å². The van der Waals surface area contributed by atoms with E-state index in [-0.39, 0.29) is 17.8 Å². The number of fused-ring (bicyclic) bond motifs is 4. The third-order valence-electron chi connectivity index (χ3n) is 3.37. The Labute approximate surface area is 68.3 Å². The molecular formula is C8H6N2O2. The molecule has 12 heavy (non-hydrogen) atoms. The smallest absolute Gasteiger partial charge is 0.134 e. The topological polar surface area (TPSA) is 58.9 Å². The lowest BCUT2D eigenvalue weighted by atomic mass is 9.41. The fourth-order valence-electron chi connectivity index (χ4n) is 2.56. The highest BCUT2D eigenvalue weighted by molar-refractivity contribution is 5.49. The molecule has 1 unspecified atom stereocenters. The van der Waals surface area contributed by atoms with Crippen molar-refractivity contribution in [1.82, 2.24) is 0 Å². The molecule has 0 heterocycles. The predicted octanol–water partition coefficient (Wildman–Crippen LogP) is 1.59. The van der Waals surface area contributed by atoms with Crippen LogP contribution >= 0.6 is 0 Å². The summed E-state index contributed by atoms with van der Waals surface area (Å²) in [5.41, 5.74) is 0.118. The number of allylic oxidation sites excluding steroid dienone is 1. The molecular weight excluding hydrogens is 156 g/mol. The lowest BCUT2D eigenvalue weighted by Crippen LogP contribution is -2.66. The zero-order chi connectivity index (χ0) is 8.34. The van der Waals surface area contributed by atoms with Gasteiger partial charge in [0.15, 0.2) is 0 Å². The first-order valence-electron chi connectivity index (χ1n) is 3.92. The van der Waals surface area contributed by atoms with Gasteiger partial charge in [0.1, 0.15) is 5.54 Å². The summed E-state index contributed by atoms with van der Waals surface area (Å²) in [6, 6.07) is 0. The van der Waals surface area contributed by atoms with Crippen LogP contribution in [0.25, 0.3) is 0 Å². The zero-order valence-electron chi connectivity index (χ0n) is 6.18. The van der Waals surface area contributed by atoms with Gasteiger partial charge < -0.3 is 0 Å². The Morgan fingerprint density at radius 1 is 1.33 bits per heavy atom. The standard InChI is InChI=1S/C8H6N2O2/c11-9-6-3-5-7(6)4-1-2-8(4,5)10-12/h1-5,7H/t4-,5+,7?,8+/m1/s1. The van der Waals surface area contributed by atoms with E-state index in [1.807, 2.05) is 12.2 Å². The Bertz CT molecular complexity index is 347. The molecule has 0 aromatic rings. The first-order chi connectivity index (χ1) is 5.83. The molecule has 60 valence electrons. The van der Waals surface area contributed by atoms with Crippen LogP contribution in [-0.4, -0.2) is 5.54 Å². The number of rotatable bonds is 2. The van der Waals surface area contributed by atoms with Gasteiger partial charge in [-0.05, 0) is 5.18 Å². The number of hydrogen-bond acceptors (Lipinski definition) is 4. The van der Waals surface area contributed by atoms with Crippen molar-refractivity contribution in [1.29, 1.82) is 0 Å². The number of nitrogens with zero attached hydrogens (tertiary/aromatic N) is 2. The van der Waals surface area contributed by atoms with Crippen LogP contribution in [0.3, 0.4) is 0 Å².